The number of hydrogen-bond donors (Lipinski definition) is 4. The van der Waals surface area contributed by atoms with Crippen LogP contribution in [0.15, 0.2) is 18.2 Å². The van der Waals surface area contributed by atoms with Crippen LogP contribution in [-0.2, 0) is 20.2 Å². The Morgan fingerprint density at radius 2 is 1.73 bits per heavy atom. The topological polar surface area (TPSA) is 99.3 Å². The fraction of sp³-hybridized carbons (Fsp3) is 0.611. The molecule has 26 heavy (non-hydrogen) atoms. The lowest BCUT2D eigenvalue weighted by Gasteiger charge is -2.31. The summed E-state index contributed by atoms with van der Waals surface area (Å²) in [4.78, 5) is 12.6. The summed E-state index contributed by atoms with van der Waals surface area (Å²) in [6, 6.07) is 5.01. The minimum Gasteiger partial charge on any atom is -0.325 e. The average molecular weight is 378 g/mol. The van der Waals surface area contributed by atoms with E-state index in [-0.39, 0.29) is 18.0 Å². The van der Waals surface area contributed by atoms with Crippen LogP contribution in [0.5, 0.6) is 0 Å². The van der Waals surface area contributed by atoms with Crippen molar-refractivity contribution in [2.75, 3.05) is 10.0 Å². The Morgan fingerprint density at radius 1 is 1.08 bits per heavy atom. The van der Waals surface area contributed by atoms with Gasteiger partial charge in [-0.05, 0) is 50.5 Å². The first-order chi connectivity index (χ1) is 12.3. The van der Waals surface area contributed by atoms with Gasteiger partial charge in [-0.15, -0.1) is 0 Å². The number of fused-ring (bicyclic) bond motifs is 2. The van der Waals surface area contributed by atoms with E-state index >= 15 is 0 Å². The van der Waals surface area contributed by atoms with Gasteiger partial charge in [0.2, 0.25) is 15.9 Å². The number of sulfonamides is 1. The fourth-order valence-corrected chi connectivity index (χ4v) is 6.56. The Kier molecular flexibility index (Phi) is 4.24. The number of hydrogen-bond acceptors (Lipinski definition) is 5. The lowest BCUT2D eigenvalue weighted by Crippen LogP contribution is -2.41. The summed E-state index contributed by atoms with van der Waals surface area (Å²) in [6.07, 6.45) is 4.85. The van der Waals surface area contributed by atoms with E-state index in [4.69, 9.17) is 0 Å². The molecular formula is C18H26N4O3S. The van der Waals surface area contributed by atoms with Gasteiger partial charge in [-0.3, -0.25) is 20.4 Å². The van der Waals surface area contributed by atoms with E-state index < -0.39 is 20.7 Å². The van der Waals surface area contributed by atoms with Crippen molar-refractivity contribution in [2.24, 2.45) is 0 Å². The molecule has 2 atom stereocenters. The van der Waals surface area contributed by atoms with Crippen molar-refractivity contribution in [1.29, 1.82) is 0 Å². The highest BCUT2D eigenvalue weighted by Crippen LogP contribution is 2.48. The molecule has 2 aliphatic heterocycles. The predicted octanol–water partition coefficient (Wildman–Crippen LogP) is 1.84. The van der Waals surface area contributed by atoms with E-state index in [1.54, 1.807) is 6.07 Å². The summed E-state index contributed by atoms with van der Waals surface area (Å²) in [5.41, 5.74) is 7.74. The molecule has 142 valence electrons. The number of carbonyl (C=O) groups is 1. The van der Waals surface area contributed by atoms with Crippen LogP contribution in [0.4, 0.5) is 11.4 Å². The number of benzene rings is 1. The van der Waals surface area contributed by atoms with Gasteiger partial charge >= 0.3 is 0 Å². The zero-order valence-electron chi connectivity index (χ0n) is 15.1. The third-order valence-corrected chi connectivity index (χ3v) is 8.12. The Bertz CT molecular complexity index is 823. The molecule has 7 nitrogen and oxygen atoms in total. The van der Waals surface area contributed by atoms with Crippen molar-refractivity contribution in [3.8, 4) is 0 Å². The van der Waals surface area contributed by atoms with Crippen LogP contribution >= 0.6 is 0 Å². The van der Waals surface area contributed by atoms with Gasteiger partial charge in [0.1, 0.15) is 5.25 Å². The number of amides is 1. The molecule has 1 amide bonds. The number of rotatable bonds is 3. The van der Waals surface area contributed by atoms with Crippen molar-refractivity contribution >= 4 is 27.3 Å². The molecular weight excluding hydrogens is 352 g/mol. The fourth-order valence-electron chi connectivity index (χ4n) is 4.76. The molecule has 1 aliphatic carbocycles. The number of nitrogens with one attached hydrogen (secondary N) is 4. The molecule has 0 aromatic heterocycles. The highest BCUT2D eigenvalue weighted by molar-refractivity contribution is 7.93. The molecule has 4 rings (SSSR count). The summed E-state index contributed by atoms with van der Waals surface area (Å²) in [5, 5.41) is 2.41. The van der Waals surface area contributed by atoms with Gasteiger partial charge in [0.15, 0.2) is 0 Å². The van der Waals surface area contributed by atoms with Crippen LogP contribution in [0.25, 0.3) is 0 Å². The van der Waals surface area contributed by atoms with Gasteiger partial charge in [0.25, 0.3) is 0 Å². The molecule has 1 saturated carbocycles. The summed E-state index contributed by atoms with van der Waals surface area (Å²) in [5.74, 6) is 0.0543. The first-order valence-electron chi connectivity index (χ1n) is 9.32. The zero-order chi connectivity index (χ0) is 18.5. The Balaban J connectivity index is 1.65. The molecule has 1 aromatic rings. The molecule has 1 saturated heterocycles. The minimum atomic E-state index is -3.57. The third-order valence-electron chi connectivity index (χ3n) is 6.07. The monoisotopic (exact) mass is 378 g/mol. The smallest absolute Gasteiger partial charge is 0.238 e. The SMILES string of the molecule is CC1NNC(C)C1S(=O)(=O)Nc1ccc2c(c1)C1(CCCCC1)C(=O)N2. The molecule has 1 aromatic carbocycles. The van der Waals surface area contributed by atoms with E-state index in [2.05, 4.69) is 20.9 Å². The Hall–Kier alpha value is -1.64. The van der Waals surface area contributed by atoms with Gasteiger partial charge in [-0.1, -0.05) is 19.3 Å². The molecule has 0 bridgehead atoms. The van der Waals surface area contributed by atoms with Crippen LogP contribution in [0, 0.1) is 0 Å². The highest BCUT2D eigenvalue weighted by Gasteiger charge is 2.47. The molecule has 3 aliphatic rings. The molecule has 2 fully saturated rings. The van der Waals surface area contributed by atoms with Gasteiger partial charge in [0, 0.05) is 23.5 Å². The van der Waals surface area contributed by atoms with Crippen LogP contribution < -0.4 is 20.9 Å². The minimum absolute atomic E-state index is 0.0543. The number of hydrazine groups is 1. The van der Waals surface area contributed by atoms with Crippen LogP contribution in [0.1, 0.15) is 51.5 Å². The second kappa shape index (κ2) is 6.21. The van der Waals surface area contributed by atoms with Gasteiger partial charge in [-0.2, -0.15) is 0 Å². The van der Waals surface area contributed by atoms with Gasteiger partial charge in [0.05, 0.1) is 5.41 Å². The van der Waals surface area contributed by atoms with E-state index in [1.165, 1.54) is 0 Å². The number of carbonyl (C=O) groups excluding carboxylic acids is 1. The molecule has 4 N–H and O–H groups in total. The maximum absolute atomic E-state index is 12.9. The molecule has 2 unspecified atom stereocenters. The molecule has 2 heterocycles. The first kappa shape index (κ1) is 17.8. The van der Waals surface area contributed by atoms with Crippen LogP contribution in [0.2, 0.25) is 0 Å². The Labute approximate surface area is 154 Å². The highest BCUT2D eigenvalue weighted by atomic mass is 32.2. The lowest BCUT2D eigenvalue weighted by molar-refractivity contribution is -0.121. The summed E-state index contributed by atoms with van der Waals surface area (Å²) in [7, 11) is -3.57. The summed E-state index contributed by atoms with van der Waals surface area (Å²) < 4.78 is 28.5. The number of anilines is 2. The zero-order valence-corrected chi connectivity index (χ0v) is 15.9. The quantitative estimate of drug-likeness (QED) is 0.643. The van der Waals surface area contributed by atoms with Crippen molar-refractivity contribution < 1.29 is 13.2 Å². The average Bonchev–Trinajstić information content (AvgIpc) is 3.07. The van der Waals surface area contributed by atoms with Crippen molar-refractivity contribution in [3.63, 3.8) is 0 Å². The largest absolute Gasteiger partial charge is 0.325 e. The molecule has 8 heteroatoms. The summed E-state index contributed by atoms with van der Waals surface area (Å²) in [6.45, 7) is 3.70. The molecule has 0 radical (unpaired) electrons. The van der Waals surface area contributed by atoms with Crippen molar-refractivity contribution in [3.05, 3.63) is 23.8 Å². The third kappa shape index (κ3) is 2.71. The van der Waals surface area contributed by atoms with E-state index in [0.29, 0.717) is 5.69 Å². The van der Waals surface area contributed by atoms with Crippen LogP contribution in [-0.4, -0.2) is 31.7 Å². The van der Waals surface area contributed by atoms with Gasteiger partial charge < -0.3 is 5.32 Å². The Morgan fingerprint density at radius 3 is 2.38 bits per heavy atom. The predicted molar refractivity (Wildman–Crippen MR) is 101 cm³/mol. The second-order valence-electron chi connectivity index (χ2n) is 7.83. The standard InChI is InChI=1S/C18H26N4O3S/c1-11-16(12(2)21-20-11)26(24,25)22-13-6-7-15-14(10-13)18(17(23)19-15)8-4-3-5-9-18/h6-7,10-12,16,20-22H,3-5,8-9H2,1-2H3,(H,19,23). The van der Waals surface area contributed by atoms with Gasteiger partial charge in [-0.25, -0.2) is 8.42 Å². The van der Waals surface area contributed by atoms with Crippen LogP contribution in [0.3, 0.4) is 0 Å². The van der Waals surface area contributed by atoms with E-state index in [0.717, 1.165) is 43.4 Å². The molecule has 1 spiro atoms. The van der Waals surface area contributed by atoms with Crippen molar-refractivity contribution in [1.82, 2.24) is 10.9 Å². The van der Waals surface area contributed by atoms with E-state index in [9.17, 15) is 13.2 Å². The first-order valence-corrected chi connectivity index (χ1v) is 10.9. The summed E-state index contributed by atoms with van der Waals surface area (Å²) >= 11 is 0. The lowest BCUT2D eigenvalue weighted by atomic mass is 9.70. The van der Waals surface area contributed by atoms with E-state index in [1.807, 2.05) is 26.0 Å². The maximum Gasteiger partial charge on any atom is 0.238 e. The van der Waals surface area contributed by atoms with Crippen molar-refractivity contribution in [2.45, 2.75) is 68.7 Å². The second-order valence-corrected chi connectivity index (χ2v) is 9.67. The normalized spacial score (nSPS) is 30.2. The maximum atomic E-state index is 12.9.